The Hall–Kier alpha value is -4.82. The molecule has 0 spiro atoms. The summed E-state index contributed by atoms with van der Waals surface area (Å²) >= 11 is 0. The van der Waals surface area contributed by atoms with Crippen molar-refractivity contribution >= 4 is 24.2 Å². The number of allylic oxidation sites excluding steroid dienone is 20. The predicted octanol–water partition coefficient (Wildman–Crippen LogP) is 11.1. The summed E-state index contributed by atoms with van der Waals surface area (Å²) in [6, 6.07) is 0. The lowest BCUT2D eigenvalue weighted by Crippen LogP contribution is -2.32. The van der Waals surface area contributed by atoms with Crippen molar-refractivity contribution in [2.45, 2.75) is 133 Å². The average molecular weight is 785 g/mol. The fourth-order valence-electron chi connectivity index (χ4n) is 7.11. The standard InChI is InChI=1S/C48H64O7.CH4O/c1-34(18-13-20-36(3)23-25-42-38(5)30-40(32-47(42,7)8)54-45(52)22-15-29-49)16-11-12-17-35(2)19-14-21-37(4)24-26-43-39(6)31-41(33-48(43,9)10)55-46(53)28-27-44(50)51;1-2/h11-14,16-21,23-26,29,40-41H,15,22,27-28,30-33H2,1-10H3,(H,50,51);2H,1H3/b12-11+,18-13+,19-14+,25-23+,26-24+,34-16+,35-17+,36-20+,37-21+;. The molecule has 2 atom stereocenters. The quantitative estimate of drug-likeness (QED) is 0.0799. The van der Waals surface area contributed by atoms with Gasteiger partial charge in [0.1, 0.15) is 18.5 Å². The van der Waals surface area contributed by atoms with Crippen LogP contribution >= 0.6 is 0 Å². The lowest BCUT2D eigenvalue weighted by Gasteiger charge is -2.37. The summed E-state index contributed by atoms with van der Waals surface area (Å²) in [5, 5.41) is 15.8. The van der Waals surface area contributed by atoms with Crippen molar-refractivity contribution in [2.24, 2.45) is 10.8 Å². The van der Waals surface area contributed by atoms with E-state index in [1.807, 2.05) is 18.2 Å². The van der Waals surface area contributed by atoms with Crippen molar-refractivity contribution in [1.82, 2.24) is 0 Å². The molecule has 0 aromatic rings. The normalized spacial score (nSPS) is 20.8. The number of ether oxygens (including phenoxy) is 2. The molecule has 0 saturated heterocycles. The first-order valence-corrected chi connectivity index (χ1v) is 19.8. The van der Waals surface area contributed by atoms with Crippen LogP contribution in [0.15, 0.2) is 130 Å². The summed E-state index contributed by atoms with van der Waals surface area (Å²) < 4.78 is 11.2. The van der Waals surface area contributed by atoms with Gasteiger partial charge in [-0.1, -0.05) is 146 Å². The van der Waals surface area contributed by atoms with Gasteiger partial charge in [-0.25, -0.2) is 0 Å². The van der Waals surface area contributed by atoms with E-state index in [0.29, 0.717) is 19.3 Å². The number of esters is 2. The Balaban J connectivity index is 0.00000799. The number of carboxylic acids is 1. The van der Waals surface area contributed by atoms with Crippen LogP contribution in [0.3, 0.4) is 0 Å². The lowest BCUT2D eigenvalue weighted by molar-refractivity contribution is -0.153. The Morgan fingerprint density at radius 3 is 1.35 bits per heavy atom. The summed E-state index contributed by atoms with van der Waals surface area (Å²) in [6.45, 7) is 21.1. The van der Waals surface area contributed by atoms with Crippen LogP contribution in [0.25, 0.3) is 0 Å². The Labute approximate surface area is 342 Å². The summed E-state index contributed by atoms with van der Waals surface area (Å²) in [7, 11) is 1.00. The zero-order chi connectivity index (χ0) is 43.2. The minimum Gasteiger partial charge on any atom is -0.481 e. The van der Waals surface area contributed by atoms with Crippen LogP contribution in [0.5, 0.6) is 0 Å². The molecule has 2 rings (SSSR count). The highest BCUT2D eigenvalue weighted by atomic mass is 16.5. The number of carboxylic acid groups (broad SMARTS) is 1. The second-order valence-electron chi connectivity index (χ2n) is 16.2. The van der Waals surface area contributed by atoms with E-state index in [4.69, 9.17) is 19.7 Å². The maximum absolute atomic E-state index is 12.1. The zero-order valence-electron chi connectivity index (χ0n) is 36.3. The highest BCUT2D eigenvalue weighted by Crippen LogP contribution is 2.43. The molecule has 8 nitrogen and oxygen atoms in total. The second kappa shape index (κ2) is 25.4. The molecule has 2 aliphatic rings. The Bertz CT molecular complexity index is 1740. The molecule has 0 bridgehead atoms. The molecule has 0 heterocycles. The molecule has 0 aromatic heterocycles. The van der Waals surface area contributed by atoms with Gasteiger partial charge in [-0.2, -0.15) is 0 Å². The third-order valence-electron chi connectivity index (χ3n) is 9.82. The lowest BCUT2D eigenvalue weighted by atomic mass is 9.71. The van der Waals surface area contributed by atoms with Crippen LogP contribution in [-0.2, 0) is 28.7 Å². The Kier molecular flexibility index (Phi) is 22.4. The van der Waals surface area contributed by atoms with Gasteiger partial charge in [0.2, 0.25) is 0 Å². The van der Waals surface area contributed by atoms with Crippen LogP contribution in [0.4, 0.5) is 0 Å². The number of hydrogen-bond acceptors (Lipinski definition) is 7. The molecular formula is C49H68O8. The fraction of sp³-hybridized carbons (Fsp3) is 0.469. The number of aliphatic hydroxyl groups is 1. The van der Waals surface area contributed by atoms with Gasteiger partial charge >= 0.3 is 17.9 Å². The first-order chi connectivity index (χ1) is 26.8. The van der Waals surface area contributed by atoms with Crippen molar-refractivity contribution in [2.75, 3.05) is 7.11 Å². The predicted molar refractivity (Wildman–Crippen MR) is 232 cm³/mol. The number of hydrogen-bond donors (Lipinski definition) is 2. The molecular weight excluding hydrogens is 717 g/mol. The van der Waals surface area contributed by atoms with E-state index in [2.05, 4.69) is 136 Å². The van der Waals surface area contributed by atoms with Crippen molar-refractivity contribution in [3.63, 3.8) is 0 Å². The molecule has 0 amide bonds. The van der Waals surface area contributed by atoms with Crippen LogP contribution in [0.2, 0.25) is 0 Å². The van der Waals surface area contributed by atoms with E-state index in [1.165, 1.54) is 22.3 Å². The number of rotatable bonds is 18. The summed E-state index contributed by atoms with van der Waals surface area (Å²) in [6.07, 6.45) is 32.4. The van der Waals surface area contributed by atoms with E-state index >= 15 is 0 Å². The smallest absolute Gasteiger partial charge is 0.306 e. The average Bonchev–Trinajstić information content (AvgIpc) is 3.11. The maximum Gasteiger partial charge on any atom is 0.306 e. The van der Waals surface area contributed by atoms with E-state index in [1.54, 1.807) is 0 Å². The Morgan fingerprint density at radius 2 is 0.982 bits per heavy atom. The molecule has 0 fully saturated rings. The Morgan fingerprint density at radius 1 is 0.614 bits per heavy atom. The number of aliphatic carboxylic acids is 1. The van der Waals surface area contributed by atoms with Crippen molar-refractivity contribution in [3.8, 4) is 0 Å². The van der Waals surface area contributed by atoms with E-state index in [9.17, 15) is 19.2 Å². The van der Waals surface area contributed by atoms with Gasteiger partial charge in [0, 0.05) is 26.4 Å². The van der Waals surface area contributed by atoms with Gasteiger partial charge in [0.15, 0.2) is 0 Å². The van der Waals surface area contributed by atoms with Gasteiger partial charge in [0.05, 0.1) is 19.3 Å². The molecule has 2 unspecified atom stereocenters. The van der Waals surface area contributed by atoms with Crippen LogP contribution in [0.1, 0.15) is 121 Å². The van der Waals surface area contributed by atoms with Crippen molar-refractivity contribution in [1.29, 1.82) is 0 Å². The first-order valence-electron chi connectivity index (χ1n) is 19.8. The first kappa shape index (κ1) is 50.2. The number of aliphatic hydroxyl groups excluding tert-OH is 1. The fourth-order valence-corrected chi connectivity index (χ4v) is 7.11. The van der Waals surface area contributed by atoms with Gasteiger partial charge < -0.3 is 24.5 Å². The molecule has 0 radical (unpaired) electrons. The maximum atomic E-state index is 12.1. The van der Waals surface area contributed by atoms with Crippen molar-refractivity contribution < 1.29 is 38.9 Å². The number of aldehydes is 1. The van der Waals surface area contributed by atoms with Gasteiger partial charge in [-0.05, 0) is 76.4 Å². The monoisotopic (exact) mass is 784 g/mol. The van der Waals surface area contributed by atoms with Gasteiger partial charge in [-0.15, -0.1) is 0 Å². The summed E-state index contributed by atoms with van der Waals surface area (Å²) in [4.78, 5) is 45.5. The minimum atomic E-state index is -0.999. The second-order valence-corrected chi connectivity index (χ2v) is 16.2. The molecule has 0 aliphatic heterocycles. The van der Waals surface area contributed by atoms with Crippen LogP contribution < -0.4 is 0 Å². The minimum absolute atomic E-state index is 0.103. The van der Waals surface area contributed by atoms with E-state index in [-0.39, 0.29) is 54.7 Å². The molecule has 0 saturated carbocycles. The largest absolute Gasteiger partial charge is 0.481 e. The topological polar surface area (TPSA) is 127 Å². The van der Waals surface area contributed by atoms with E-state index < -0.39 is 11.9 Å². The number of carbonyl (C=O) groups excluding carboxylic acids is 3. The highest BCUT2D eigenvalue weighted by molar-refractivity contribution is 5.76. The van der Waals surface area contributed by atoms with Crippen molar-refractivity contribution in [3.05, 3.63) is 130 Å². The summed E-state index contributed by atoms with van der Waals surface area (Å²) in [5.74, 6) is -1.76. The highest BCUT2D eigenvalue weighted by Gasteiger charge is 2.35. The van der Waals surface area contributed by atoms with Gasteiger partial charge in [-0.3, -0.25) is 14.4 Å². The SMILES string of the molecule is CC1=C(/C=C/C(C)=C/C=C/C(C)=C/C=C/C=C(C)/C=C/C=C(C)/C=C/C2=C(C)CC(OC(=O)CCC(=O)O)CC2(C)C)C(C)(C)CC(OC(=O)CCC=O)C1.CO. The number of carbonyl (C=O) groups is 4. The molecule has 57 heavy (non-hydrogen) atoms. The molecule has 2 aliphatic carbocycles. The molecule has 0 aromatic carbocycles. The molecule has 8 heteroatoms. The molecule has 312 valence electrons. The molecule has 2 N–H and O–H groups in total. The van der Waals surface area contributed by atoms with E-state index in [0.717, 1.165) is 42.1 Å². The third kappa shape index (κ3) is 19.7. The third-order valence-corrected chi connectivity index (χ3v) is 9.82. The van der Waals surface area contributed by atoms with Crippen LogP contribution in [-0.4, -0.2) is 53.7 Å². The summed E-state index contributed by atoms with van der Waals surface area (Å²) in [5.41, 5.74) is 9.13. The van der Waals surface area contributed by atoms with Crippen LogP contribution in [0, 0.1) is 10.8 Å². The van der Waals surface area contributed by atoms with Gasteiger partial charge in [0.25, 0.3) is 0 Å². The zero-order valence-corrected chi connectivity index (χ0v) is 36.3.